The van der Waals surface area contributed by atoms with Crippen LogP contribution in [-0.4, -0.2) is 50.5 Å². The van der Waals surface area contributed by atoms with Crippen molar-refractivity contribution >= 4 is 11.9 Å². The van der Waals surface area contributed by atoms with Gasteiger partial charge >= 0.3 is 12.1 Å². The number of carbonyl (C=O) groups is 2. The van der Waals surface area contributed by atoms with Crippen LogP contribution in [0.3, 0.4) is 0 Å². The van der Waals surface area contributed by atoms with Gasteiger partial charge in [-0.2, -0.15) is 13.2 Å². The van der Waals surface area contributed by atoms with Crippen molar-refractivity contribution in [3.63, 3.8) is 0 Å². The van der Waals surface area contributed by atoms with Gasteiger partial charge in [-0.3, -0.25) is 9.59 Å². The topological polar surface area (TPSA) is 106 Å². The van der Waals surface area contributed by atoms with Crippen LogP contribution in [0.5, 0.6) is 0 Å². The van der Waals surface area contributed by atoms with Gasteiger partial charge in [-0.25, -0.2) is 9.67 Å². The van der Waals surface area contributed by atoms with Gasteiger partial charge in [0.2, 0.25) is 5.91 Å². The maximum absolute atomic E-state index is 12.4. The predicted octanol–water partition coefficient (Wildman–Crippen LogP) is 0.437. The highest BCUT2D eigenvalue weighted by molar-refractivity contribution is 5.78. The summed E-state index contributed by atoms with van der Waals surface area (Å²) in [4.78, 5) is 26.0. The Morgan fingerprint density at radius 1 is 1.48 bits per heavy atom. The number of carboxylic acids is 1. The molecule has 1 aromatic heterocycles. The molecular weight excluding hydrogens is 321 g/mol. The molecule has 0 aliphatic carbocycles. The Morgan fingerprint density at radius 2 is 2.22 bits per heavy atom. The van der Waals surface area contributed by atoms with Crippen LogP contribution >= 0.6 is 0 Å². The molecule has 1 amide bonds. The summed E-state index contributed by atoms with van der Waals surface area (Å²) in [5, 5.41) is 14.7. The second-order valence-electron chi connectivity index (χ2n) is 5.32. The van der Waals surface area contributed by atoms with Crippen molar-refractivity contribution in [2.24, 2.45) is 0 Å². The first-order chi connectivity index (χ1) is 10.7. The summed E-state index contributed by atoms with van der Waals surface area (Å²) in [7, 11) is 0. The van der Waals surface area contributed by atoms with Crippen LogP contribution in [0, 0.1) is 0 Å². The maximum atomic E-state index is 12.4. The molecule has 0 bridgehead atoms. The van der Waals surface area contributed by atoms with Crippen molar-refractivity contribution < 1.29 is 32.6 Å². The molecule has 1 fully saturated rings. The number of hydrogen-bond acceptors (Lipinski definition) is 5. The lowest BCUT2D eigenvalue weighted by Gasteiger charge is -2.36. The van der Waals surface area contributed by atoms with E-state index in [0.29, 0.717) is 19.4 Å². The van der Waals surface area contributed by atoms with Gasteiger partial charge < -0.3 is 15.2 Å². The SMILES string of the molecule is O=C(O)CC1(NC(=O)Cn2cnc(C(F)(F)F)n2)CCCOC1. The first-order valence-corrected chi connectivity index (χ1v) is 6.77. The Kier molecular flexibility index (Phi) is 4.88. The molecule has 8 nitrogen and oxygen atoms in total. The molecule has 0 spiro atoms. The van der Waals surface area contributed by atoms with E-state index in [0.717, 1.165) is 11.0 Å². The van der Waals surface area contributed by atoms with E-state index in [4.69, 9.17) is 9.84 Å². The molecule has 1 aromatic rings. The van der Waals surface area contributed by atoms with Crippen LogP contribution in [0.15, 0.2) is 6.33 Å². The Labute approximate surface area is 128 Å². The first kappa shape index (κ1) is 17.2. The molecule has 1 aliphatic rings. The molecule has 11 heteroatoms. The van der Waals surface area contributed by atoms with Crippen molar-refractivity contribution in [2.45, 2.75) is 37.5 Å². The van der Waals surface area contributed by atoms with Crippen molar-refractivity contribution in [3.8, 4) is 0 Å². The number of rotatable bonds is 5. The molecule has 23 heavy (non-hydrogen) atoms. The van der Waals surface area contributed by atoms with Crippen LogP contribution in [0.4, 0.5) is 13.2 Å². The lowest BCUT2D eigenvalue weighted by molar-refractivity contribution is -0.145. The van der Waals surface area contributed by atoms with Gasteiger partial charge in [0.05, 0.1) is 18.6 Å². The van der Waals surface area contributed by atoms with Gasteiger partial charge in [0, 0.05) is 6.61 Å². The van der Waals surface area contributed by atoms with Crippen molar-refractivity contribution in [2.75, 3.05) is 13.2 Å². The zero-order chi connectivity index (χ0) is 17.1. The summed E-state index contributed by atoms with van der Waals surface area (Å²) in [5.74, 6) is -3.10. The van der Waals surface area contributed by atoms with E-state index in [9.17, 15) is 22.8 Å². The molecule has 0 aromatic carbocycles. The van der Waals surface area contributed by atoms with Crippen molar-refractivity contribution in [1.82, 2.24) is 20.1 Å². The van der Waals surface area contributed by atoms with Crippen LogP contribution in [0.25, 0.3) is 0 Å². The number of carbonyl (C=O) groups excluding carboxylic acids is 1. The molecule has 0 radical (unpaired) electrons. The third-order valence-electron chi connectivity index (χ3n) is 3.31. The summed E-state index contributed by atoms with van der Waals surface area (Å²) in [6.07, 6.45) is -3.23. The zero-order valence-corrected chi connectivity index (χ0v) is 12.0. The van der Waals surface area contributed by atoms with E-state index in [2.05, 4.69) is 15.4 Å². The highest BCUT2D eigenvalue weighted by Gasteiger charge is 2.38. The minimum Gasteiger partial charge on any atom is -0.481 e. The van der Waals surface area contributed by atoms with E-state index >= 15 is 0 Å². The van der Waals surface area contributed by atoms with Crippen LogP contribution in [0.2, 0.25) is 0 Å². The van der Waals surface area contributed by atoms with E-state index in [1.807, 2.05) is 0 Å². The average molecular weight is 336 g/mol. The summed E-state index contributed by atoms with van der Waals surface area (Å²) < 4.78 is 43.2. The first-order valence-electron chi connectivity index (χ1n) is 6.77. The van der Waals surface area contributed by atoms with E-state index in [1.54, 1.807) is 0 Å². The fraction of sp³-hybridized carbons (Fsp3) is 0.667. The smallest absolute Gasteiger partial charge is 0.453 e. The third kappa shape index (κ3) is 4.65. The lowest BCUT2D eigenvalue weighted by Crippen LogP contribution is -2.55. The number of aliphatic carboxylic acids is 1. The molecule has 1 atom stereocenters. The quantitative estimate of drug-likeness (QED) is 0.808. The second kappa shape index (κ2) is 6.52. The monoisotopic (exact) mass is 336 g/mol. The normalized spacial score (nSPS) is 21.9. The number of nitrogens with zero attached hydrogens (tertiary/aromatic N) is 3. The van der Waals surface area contributed by atoms with Gasteiger partial charge in [-0.05, 0) is 12.8 Å². The number of halogens is 3. The minimum atomic E-state index is -4.69. The number of nitrogens with one attached hydrogen (secondary N) is 1. The fourth-order valence-corrected chi connectivity index (χ4v) is 2.41. The Hall–Kier alpha value is -2.17. The summed E-state index contributed by atoms with van der Waals surface area (Å²) in [6, 6.07) is 0. The molecule has 128 valence electrons. The van der Waals surface area contributed by atoms with E-state index in [1.165, 1.54) is 0 Å². The standard InChI is InChI=1S/C12H15F3N4O4/c13-12(14,15)10-16-7-19(18-10)5-8(20)17-11(4-9(21)22)2-1-3-23-6-11/h7H,1-6H2,(H,17,20)(H,21,22). The zero-order valence-electron chi connectivity index (χ0n) is 12.0. The van der Waals surface area contributed by atoms with Crippen LogP contribution < -0.4 is 5.32 Å². The number of amides is 1. The van der Waals surface area contributed by atoms with Gasteiger partial charge in [-0.1, -0.05) is 0 Å². The van der Waals surface area contributed by atoms with Crippen molar-refractivity contribution in [1.29, 1.82) is 0 Å². The number of ether oxygens (including phenoxy) is 1. The summed E-state index contributed by atoms with van der Waals surface area (Å²) >= 11 is 0. The second-order valence-corrected chi connectivity index (χ2v) is 5.32. The summed E-state index contributed by atoms with van der Waals surface area (Å²) in [5.41, 5.74) is -1.06. The number of hydrogen-bond donors (Lipinski definition) is 2. The lowest BCUT2D eigenvalue weighted by atomic mass is 9.88. The van der Waals surface area contributed by atoms with E-state index in [-0.39, 0.29) is 13.0 Å². The highest BCUT2D eigenvalue weighted by Crippen LogP contribution is 2.25. The molecular formula is C12H15F3N4O4. The third-order valence-corrected chi connectivity index (χ3v) is 3.31. The Balaban J connectivity index is 2.01. The van der Waals surface area contributed by atoms with Gasteiger partial charge in [0.1, 0.15) is 12.9 Å². The molecule has 2 rings (SSSR count). The number of aromatic nitrogens is 3. The summed E-state index contributed by atoms with van der Waals surface area (Å²) in [6.45, 7) is 0.00983. The Bertz CT molecular complexity index is 581. The maximum Gasteiger partial charge on any atom is 0.453 e. The molecule has 1 saturated heterocycles. The van der Waals surface area contributed by atoms with Gasteiger partial charge in [0.25, 0.3) is 5.82 Å². The van der Waals surface area contributed by atoms with Crippen LogP contribution in [-0.2, 0) is 27.0 Å². The fourth-order valence-electron chi connectivity index (χ4n) is 2.41. The molecule has 1 unspecified atom stereocenters. The Morgan fingerprint density at radius 3 is 2.74 bits per heavy atom. The predicted molar refractivity (Wildman–Crippen MR) is 68.2 cm³/mol. The highest BCUT2D eigenvalue weighted by atomic mass is 19.4. The molecule has 2 heterocycles. The molecule has 0 saturated carbocycles. The number of alkyl halides is 3. The van der Waals surface area contributed by atoms with Gasteiger partial charge in [-0.15, -0.1) is 5.10 Å². The van der Waals surface area contributed by atoms with E-state index < -0.39 is 36.0 Å². The number of carboxylic acid groups (broad SMARTS) is 1. The van der Waals surface area contributed by atoms with Gasteiger partial charge in [0.15, 0.2) is 0 Å². The largest absolute Gasteiger partial charge is 0.481 e. The molecule has 1 aliphatic heterocycles. The average Bonchev–Trinajstić information content (AvgIpc) is 2.86. The molecule has 2 N–H and O–H groups in total. The minimum absolute atomic E-state index is 0.0379. The van der Waals surface area contributed by atoms with Crippen LogP contribution in [0.1, 0.15) is 25.1 Å². The van der Waals surface area contributed by atoms with Crippen molar-refractivity contribution in [3.05, 3.63) is 12.2 Å².